The molecule has 2 heterocycles. The quantitative estimate of drug-likeness (QED) is 0.731. The Labute approximate surface area is 143 Å². The largest absolute Gasteiger partial charge is 0.298 e. The van der Waals surface area contributed by atoms with Crippen LogP contribution >= 0.6 is 11.3 Å². The van der Waals surface area contributed by atoms with Crippen molar-refractivity contribution < 1.29 is 9.59 Å². The number of amides is 1. The summed E-state index contributed by atoms with van der Waals surface area (Å²) in [6.07, 6.45) is 0. The fourth-order valence-corrected chi connectivity index (χ4v) is 2.97. The summed E-state index contributed by atoms with van der Waals surface area (Å²) in [6, 6.07) is 13.4. The SMILES string of the molecule is CC(=O)c1csc(NC(=O)c2ccc(-c3ccccc3)nc2C)n1. The van der Waals surface area contributed by atoms with Gasteiger partial charge in [0.2, 0.25) is 0 Å². The van der Waals surface area contributed by atoms with Crippen LogP contribution in [0.4, 0.5) is 5.13 Å². The zero-order chi connectivity index (χ0) is 17.1. The lowest BCUT2D eigenvalue weighted by Gasteiger charge is -2.07. The number of nitrogens with zero attached hydrogens (tertiary/aromatic N) is 2. The number of aryl methyl sites for hydroxylation is 1. The van der Waals surface area contributed by atoms with Crippen molar-refractivity contribution in [3.8, 4) is 11.3 Å². The Kier molecular flexibility index (Phi) is 4.48. The van der Waals surface area contributed by atoms with E-state index in [4.69, 9.17) is 0 Å². The maximum absolute atomic E-state index is 12.4. The molecule has 6 heteroatoms. The zero-order valence-corrected chi connectivity index (χ0v) is 14.1. The van der Waals surface area contributed by atoms with Crippen LogP contribution in [-0.4, -0.2) is 21.7 Å². The minimum Gasteiger partial charge on any atom is -0.298 e. The van der Waals surface area contributed by atoms with E-state index in [0.29, 0.717) is 22.1 Å². The first-order valence-electron chi connectivity index (χ1n) is 7.35. The highest BCUT2D eigenvalue weighted by atomic mass is 32.1. The normalized spacial score (nSPS) is 10.4. The molecule has 24 heavy (non-hydrogen) atoms. The summed E-state index contributed by atoms with van der Waals surface area (Å²) in [5.41, 5.74) is 3.28. The van der Waals surface area contributed by atoms with Crippen molar-refractivity contribution in [2.75, 3.05) is 5.32 Å². The predicted octanol–water partition coefficient (Wildman–Crippen LogP) is 3.97. The van der Waals surface area contributed by atoms with E-state index < -0.39 is 0 Å². The number of carbonyl (C=O) groups is 2. The molecule has 0 radical (unpaired) electrons. The molecule has 5 nitrogen and oxygen atoms in total. The van der Waals surface area contributed by atoms with Crippen molar-refractivity contribution in [1.29, 1.82) is 0 Å². The van der Waals surface area contributed by atoms with Crippen LogP contribution in [0.2, 0.25) is 0 Å². The smallest absolute Gasteiger partial charge is 0.259 e. The van der Waals surface area contributed by atoms with Gasteiger partial charge in [0.15, 0.2) is 10.9 Å². The Morgan fingerprint density at radius 2 is 1.79 bits per heavy atom. The van der Waals surface area contributed by atoms with E-state index in [0.717, 1.165) is 11.3 Å². The first-order chi connectivity index (χ1) is 11.5. The van der Waals surface area contributed by atoms with E-state index in [-0.39, 0.29) is 11.7 Å². The number of pyridine rings is 1. The predicted molar refractivity (Wildman–Crippen MR) is 94.5 cm³/mol. The lowest BCUT2D eigenvalue weighted by atomic mass is 10.1. The number of ketones is 1. The van der Waals surface area contributed by atoms with Gasteiger partial charge in [-0.05, 0) is 19.1 Å². The van der Waals surface area contributed by atoms with Gasteiger partial charge in [0.25, 0.3) is 5.91 Å². The van der Waals surface area contributed by atoms with Crippen LogP contribution in [0, 0.1) is 6.92 Å². The molecular formula is C18H15N3O2S. The maximum atomic E-state index is 12.4. The van der Waals surface area contributed by atoms with E-state index >= 15 is 0 Å². The number of Topliss-reactive ketones (excluding diaryl/α,β-unsaturated/α-hetero) is 1. The van der Waals surface area contributed by atoms with Crippen molar-refractivity contribution in [3.05, 3.63) is 64.8 Å². The monoisotopic (exact) mass is 337 g/mol. The van der Waals surface area contributed by atoms with Gasteiger partial charge in [-0.3, -0.25) is 19.9 Å². The molecule has 1 aromatic carbocycles. The minimum absolute atomic E-state index is 0.128. The summed E-state index contributed by atoms with van der Waals surface area (Å²) >= 11 is 1.22. The van der Waals surface area contributed by atoms with Crippen molar-refractivity contribution in [2.45, 2.75) is 13.8 Å². The van der Waals surface area contributed by atoms with Crippen molar-refractivity contribution in [1.82, 2.24) is 9.97 Å². The lowest BCUT2D eigenvalue weighted by Crippen LogP contribution is -2.14. The van der Waals surface area contributed by atoms with Crippen LogP contribution in [0.25, 0.3) is 11.3 Å². The Morgan fingerprint density at radius 1 is 1.04 bits per heavy atom. The highest BCUT2D eigenvalue weighted by molar-refractivity contribution is 7.14. The molecule has 0 saturated carbocycles. The lowest BCUT2D eigenvalue weighted by molar-refractivity contribution is 0.100. The minimum atomic E-state index is -0.288. The van der Waals surface area contributed by atoms with Gasteiger partial charge in [0.1, 0.15) is 5.69 Å². The fraction of sp³-hybridized carbons (Fsp3) is 0.111. The number of thiazole rings is 1. The molecule has 1 N–H and O–H groups in total. The molecule has 0 unspecified atom stereocenters. The molecule has 2 aromatic heterocycles. The first-order valence-corrected chi connectivity index (χ1v) is 8.23. The Hall–Kier alpha value is -2.86. The number of hydrogen-bond donors (Lipinski definition) is 1. The van der Waals surface area contributed by atoms with Gasteiger partial charge in [-0.2, -0.15) is 0 Å². The standard InChI is InChI=1S/C18H15N3O2S/c1-11-14(8-9-15(19-11)13-6-4-3-5-7-13)17(23)21-18-20-16(10-24-18)12(2)22/h3-10H,1-2H3,(H,20,21,23). The number of benzene rings is 1. The molecule has 0 fully saturated rings. The molecule has 0 atom stereocenters. The summed E-state index contributed by atoms with van der Waals surface area (Å²) < 4.78 is 0. The molecule has 3 aromatic rings. The third-order valence-electron chi connectivity index (χ3n) is 3.49. The van der Waals surface area contributed by atoms with Crippen LogP contribution in [0.5, 0.6) is 0 Å². The number of carbonyl (C=O) groups excluding carboxylic acids is 2. The highest BCUT2D eigenvalue weighted by Gasteiger charge is 2.14. The molecule has 0 aliphatic rings. The Bertz CT molecular complexity index is 904. The molecule has 1 amide bonds. The van der Waals surface area contributed by atoms with Gasteiger partial charge in [0.05, 0.1) is 17.0 Å². The van der Waals surface area contributed by atoms with Crippen LogP contribution < -0.4 is 5.32 Å². The number of anilines is 1. The van der Waals surface area contributed by atoms with Gasteiger partial charge in [-0.1, -0.05) is 30.3 Å². The second-order valence-corrected chi connectivity index (χ2v) is 6.10. The topological polar surface area (TPSA) is 72.0 Å². The van der Waals surface area contributed by atoms with E-state index in [1.54, 1.807) is 18.4 Å². The van der Waals surface area contributed by atoms with Gasteiger partial charge in [-0.15, -0.1) is 11.3 Å². The van der Waals surface area contributed by atoms with E-state index in [9.17, 15) is 9.59 Å². The van der Waals surface area contributed by atoms with Gasteiger partial charge < -0.3 is 0 Å². The van der Waals surface area contributed by atoms with Gasteiger partial charge in [-0.25, -0.2) is 4.98 Å². The summed E-state index contributed by atoms with van der Waals surface area (Å²) in [5.74, 6) is -0.416. The molecule has 0 saturated heterocycles. The van der Waals surface area contributed by atoms with Crippen LogP contribution in [0.1, 0.15) is 33.5 Å². The van der Waals surface area contributed by atoms with E-state index in [2.05, 4.69) is 15.3 Å². The molecule has 0 aliphatic heterocycles. The van der Waals surface area contributed by atoms with Crippen LogP contribution in [0.3, 0.4) is 0 Å². The average Bonchev–Trinajstić information content (AvgIpc) is 3.04. The number of hydrogen-bond acceptors (Lipinski definition) is 5. The second kappa shape index (κ2) is 6.72. The summed E-state index contributed by atoms with van der Waals surface area (Å²) in [5, 5.41) is 4.74. The summed E-state index contributed by atoms with van der Waals surface area (Å²) in [4.78, 5) is 32.2. The van der Waals surface area contributed by atoms with Crippen LogP contribution in [0.15, 0.2) is 47.8 Å². The third kappa shape index (κ3) is 3.38. The highest BCUT2D eigenvalue weighted by Crippen LogP contribution is 2.21. The zero-order valence-electron chi connectivity index (χ0n) is 13.2. The number of aromatic nitrogens is 2. The van der Waals surface area contributed by atoms with Gasteiger partial charge in [0, 0.05) is 17.9 Å². The maximum Gasteiger partial charge on any atom is 0.259 e. The Balaban J connectivity index is 1.81. The second-order valence-electron chi connectivity index (χ2n) is 5.24. The van der Waals surface area contributed by atoms with Gasteiger partial charge >= 0.3 is 0 Å². The number of rotatable bonds is 4. The van der Waals surface area contributed by atoms with Crippen molar-refractivity contribution >= 4 is 28.2 Å². The van der Waals surface area contributed by atoms with Crippen molar-refractivity contribution in [3.63, 3.8) is 0 Å². The first kappa shape index (κ1) is 16.0. The molecule has 3 rings (SSSR count). The van der Waals surface area contributed by atoms with E-state index in [1.165, 1.54) is 18.3 Å². The molecule has 0 aliphatic carbocycles. The molecular weight excluding hydrogens is 322 g/mol. The third-order valence-corrected chi connectivity index (χ3v) is 4.24. The van der Waals surface area contributed by atoms with Crippen LogP contribution in [-0.2, 0) is 0 Å². The van der Waals surface area contributed by atoms with E-state index in [1.807, 2.05) is 36.4 Å². The fourth-order valence-electron chi connectivity index (χ4n) is 2.23. The summed E-state index contributed by atoms with van der Waals surface area (Å²) in [6.45, 7) is 3.24. The molecule has 120 valence electrons. The molecule has 0 bridgehead atoms. The summed E-state index contributed by atoms with van der Waals surface area (Å²) in [7, 11) is 0. The molecule has 0 spiro atoms. The number of nitrogens with one attached hydrogen (secondary N) is 1. The Morgan fingerprint density at radius 3 is 2.42 bits per heavy atom. The van der Waals surface area contributed by atoms with Crippen molar-refractivity contribution in [2.24, 2.45) is 0 Å². The average molecular weight is 337 g/mol.